The fourth-order valence-electron chi connectivity index (χ4n) is 2.15. The zero-order valence-corrected chi connectivity index (χ0v) is 11.3. The van der Waals surface area contributed by atoms with Gasteiger partial charge in [0.1, 0.15) is 0 Å². The Morgan fingerprint density at radius 3 is 2.82 bits per heavy atom. The maximum Gasteiger partial charge on any atom is 0.237 e. The predicted octanol–water partition coefficient (Wildman–Crippen LogP) is 0.705. The molecule has 1 rings (SSSR count). The number of nitrogens with zero attached hydrogens (tertiary/aromatic N) is 2. The van der Waals surface area contributed by atoms with Crippen molar-refractivity contribution in [3.63, 3.8) is 0 Å². The van der Waals surface area contributed by atoms with Gasteiger partial charge in [0.2, 0.25) is 5.91 Å². The van der Waals surface area contributed by atoms with Crippen molar-refractivity contribution in [1.82, 2.24) is 15.1 Å². The van der Waals surface area contributed by atoms with Gasteiger partial charge in [-0.2, -0.15) is 0 Å². The van der Waals surface area contributed by atoms with E-state index in [-0.39, 0.29) is 5.91 Å². The molecule has 1 N–H and O–H groups in total. The average molecular weight is 239 g/mol. The molecule has 1 saturated heterocycles. The highest BCUT2D eigenvalue weighted by Crippen LogP contribution is 2.02. The van der Waals surface area contributed by atoms with Gasteiger partial charge < -0.3 is 10.2 Å². The predicted molar refractivity (Wildman–Crippen MR) is 71.0 cm³/mol. The van der Waals surface area contributed by atoms with Crippen LogP contribution in [-0.4, -0.2) is 61.0 Å². The lowest BCUT2D eigenvalue weighted by Crippen LogP contribution is -2.52. The second kappa shape index (κ2) is 6.77. The molecule has 1 aliphatic heterocycles. The summed E-state index contributed by atoms with van der Waals surface area (Å²) in [5.74, 6) is 0.213. The van der Waals surface area contributed by atoms with E-state index in [0.29, 0.717) is 19.1 Å². The van der Waals surface area contributed by atoms with Crippen LogP contribution in [0.4, 0.5) is 0 Å². The average Bonchev–Trinajstić information content (AvgIpc) is 2.25. The maximum atomic E-state index is 12.1. The molecule has 4 nitrogen and oxygen atoms in total. The van der Waals surface area contributed by atoms with E-state index in [1.165, 1.54) is 0 Å². The van der Waals surface area contributed by atoms with Gasteiger partial charge in [-0.05, 0) is 20.8 Å². The zero-order chi connectivity index (χ0) is 12.8. The van der Waals surface area contributed by atoms with Gasteiger partial charge in [0.15, 0.2) is 0 Å². The standard InChI is InChI=1S/C13H25N3O/c1-5-16(8-11(2)3)13(17)10-15-7-6-14-12(4)9-15/h12,14H,2,5-10H2,1,3-4H3. The molecular weight excluding hydrogens is 214 g/mol. The molecule has 1 amide bonds. The number of carbonyl (C=O) groups is 1. The fourth-order valence-corrected chi connectivity index (χ4v) is 2.15. The molecule has 1 atom stereocenters. The number of hydrogen-bond donors (Lipinski definition) is 1. The molecule has 98 valence electrons. The van der Waals surface area contributed by atoms with Crippen molar-refractivity contribution >= 4 is 5.91 Å². The molecule has 0 bridgehead atoms. The molecule has 1 aliphatic rings. The summed E-state index contributed by atoms with van der Waals surface area (Å²) < 4.78 is 0. The lowest BCUT2D eigenvalue weighted by atomic mass is 10.2. The van der Waals surface area contributed by atoms with Crippen LogP contribution in [0.1, 0.15) is 20.8 Å². The third kappa shape index (κ3) is 4.88. The molecular formula is C13H25N3O. The van der Waals surface area contributed by atoms with Gasteiger partial charge in [-0.3, -0.25) is 9.69 Å². The third-order valence-electron chi connectivity index (χ3n) is 3.01. The summed E-state index contributed by atoms with van der Waals surface area (Å²) in [6, 6.07) is 0.479. The molecule has 0 aromatic carbocycles. The largest absolute Gasteiger partial charge is 0.338 e. The highest BCUT2D eigenvalue weighted by Gasteiger charge is 2.20. The Balaban J connectivity index is 2.43. The minimum atomic E-state index is 0.213. The summed E-state index contributed by atoms with van der Waals surface area (Å²) in [5, 5.41) is 3.38. The van der Waals surface area contributed by atoms with E-state index in [1.54, 1.807) is 0 Å². The molecule has 0 saturated carbocycles. The number of piperazine rings is 1. The van der Waals surface area contributed by atoms with Gasteiger partial charge in [0.05, 0.1) is 6.54 Å². The van der Waals surface area contributed by atoms with Gasteiger partial charge in [-0.1, -0.05) is 12.2 Å². The van der Waals surface area contributed by atoms with Crippen molar-refractivity contribution in [2.75, 3.05) is 39.3 Å². The Labute approximate surface area is 105 Å². The van der Waals surface area contributed by atoms with Crippen LogP contribution in [0.5, 0.6) is 0 Å². The number of likely N-dealkylation sites (N-methyl/N-ethyl adjacent to an activating group) is 1. The van der Waals surface area contributed by atoms with Crippen molar-refractivity contribution in [3.8, 4) is 0 Å². The molecule has 4 heteroatoms. The van der Waals surface area contributed by atoms with Crippen molar-refractivity contribution in [3.05, 3.63) is 12.2 Å². The molecule has 0 aromatic rings. The quantitative estimate of drug-likeness (QED) is 0.718. The number of rotatable bonds is 5. The van der Waals surface area contributed by atoms with Crippen molar-refractivity contribution in [2.45, 2.75) is 26.8 Å². The lowest BCUT2D eigenvalue weighted by Gasteiger charge is -2.33. The third-order valence-corrected chi connectivity index (χ3v) is 3.01. The first-order valence-corrected chi connectivity index (χ1v) is 6.40. The van der Waals surface area contributed by atoms with E-state index >= 15 is 0 Å². The molecule has 1 fully saturated rings. The second-order valence-corrected chi connectivity index (χ2v) is 4.96. The molecule has 0 aromatic heterocycles. The van der Waals surface area contributed by atoms with Crippen LogP contribution in [0.2, 0.25) is 0 Å². The smallest absolute Gasteiger partial charge is 0.237 e. The van der Waals surface area contributed by atoms with Crippen LogP contribution in [0.25, 0.3) is 0 Å². The first-order chi connectivity index (χ1) is 8.02. The molecule has 0 radical (unpaired) electrons. The second-order valence-electron chi connectivity index (χ2n) is 4.96. The number of amides is 1. The molecule has 1 heterocycles. The van der Waals surface area contributed by atoms with Crippen LogP contribution in [0.15, 0.2) is 12.2 Å². The minimum absolute atomic E-state index is 0.213. The first kappa shape index (κ1) is 14.2. The van der Waals surface area contributed by atoms with Gasteiger partial charge in [-0.15, -0.1) is 0 Å². The van der Waals surface area contributed by atoms with Crippen molar-refractivity contribution in [2.24, 2.45) is 0 Å². The number of nitrogens with one attached hydrogen (secondary N) is 1. The van der Waals surface area contributed by atoms with Crippen LogP contribution < -0.4 is 5.32 Å². The monoisotopic (exact) mass is 239 g/mol. The zero-order valence-electron chi connectivity index (χ0n) is 11.3. The van der Waals surface area contributed by atoms with Gasteiger partial charge in [-0.25, -0.2) is 0 Å². The van der Waals surface area contributed by atoms with Crippen LogP contribution in [-0.2, 0) is 4.79 Å². The van der Waals surface area contributed by atoms with E-state index in [1.807, 2.05) is 18.7 Å². The van der Waals surface area contributed by atoms with Crippen LogP contribution in [0.3, 0.4) is 0 Å². The molecule has 17 heavy (non-hydrogen) atoms. The Hall–Kier alpha value is -0.870. The van der Waals surface area contributed by atoms with Crippen LogP contribution in [0, 0.1) is 0 Å². The summed E-state index contributed by atoms with van der Waals surface area (Å²) >= 11 is 0. The summed E-state index contributed by atoms with van der Waals surface area (Å²) in [6.07, 6.45) is 0. The lowest BCUT2D eigenvalue weighted by molar-refractivity contribution is -0.132. The van der Waals surface area contributed by atoms with E-state index < -0.39 is 0 Å². The summed E-state index contributed by atoms with van der Waals surface area (Å²) in [5.41, 5.74) is 1.04. The summed E-state index contributed by atoms with van der Waals surface area (Å²) in [7, 11) is 0. The molecule has 0 spiro atoms. The fraction of sp³-hybridized carbons (Fsp3) is 0.769. The topological polar surface area (TPSA) is 35.6 Å². The highest BCUT2D eigenvalue weighted by molar-refractivity contribution is 5.78. The van der Waals surface area contributed by atoms with Crippen molar-refractivity contribution in [1.29, 1.82) is 0 Å². The molecule has 1 unspecified atom stereocenters. The SMILES string of the molecule is C=C(C)CN(CC)C(=O)CN1CCNC(C)C1. The molecule has 0 aliphatic carbocycles. The highest BCUT2D eigenvalue weighted by atomic mass is 16.2. The van der Waals surface area contributed by atoms with E-state index in [4.69, 9.17) is 0 Å². The van der Waals surface area contributed by atoms with Crippen LogP contribution >= 0.6 is 0 Å². The maximum absolute atomic E-state index is 12.1. The van der Waals surface area contributed by atoms with Gasteiger partial charge in [0.25, 0.3) is 0 Å². The van der Waals surface area contributed by atoms with Crippen molar-refractivity contribution < 1.29 is 4.79 Å². The van der Waals surface area contributed by atoms with E-state index in [9.17, 15) is 4.79 Å². The summed E-state index contributed by atoms with van der Waals surface area (Å²) in [4.78, 5) is 16.2. The van der Waals surface area contributed by atoms with Gasteiger partial charge in [0, 0.05) is 38.8 Å². The van der Waals surface area contributed by atoms with E-state index in [2.05, 4.69) is 23.7 Å². The number of carbonyl (C=O) groups excluding carboxylic acids is 1. The van der Waals surface area contributed by atoms with Gasteiger partial charge >= 0.3 is 0 Å². The van der Waals surface area contributed by atoms with E-state index in [0.717, 1.165) is 31.8 Å². The normalized spacial score (nSPS) is 21.2. The Morgan fingerprint density at radius 2 is 2.29 bits per heavy atom. The Bertz CT molecular complexity index is 278. The first-order valence-electron chi connectivity index (χ1n) is 6.40. The Morgan fingerprint density at radius 1 is 1.59 bits per heavy atom. The Kier molecular flexibility index (Phi) is 5.65. The minimum Gasteiger partial charge on any atom is -0.338 e. The number of hydrogen-bond acceptors (Lipinski definition) is 3. The summed E-state index contributed by atoms with van der Waals surface area (Å²) in [6.45, 7) is 14.9.